The molecule has 0 amide bonds. The molecule has 82 heavy (non-hydrogen) atoms. The highest BCUT2D eigenvalue weighted by atomic mass is 127. The van der Waals surface area contributed by atoms with Gasteiger partial charge in [0, 0.05) is 0 Å². The molecule has 0 aliphatic heterocycles. The highest BCUT2D eigenvalue weighted by molar-refractivity contribution is 7.87. The first-order valence-corrected chi connectivity index (χ1v) is 35.6. The molecule has 0 N–H and O–H groups in total. The lowest BCUT2D eigenvalue weighted by molar-refractivity contribution is -0.597. The van der Waals surface area contributed by atoms with Gasteiger partial charge >= 0.3 is 64.8 Å². The van der Waals surface area contributed by atoms with Crippen LogP contribution in [0.25, 0.3) is 0 Å². The molecule has 0 aliphatic carbocycles. The Kier molecular flexibility index (Phi) is 36.7. The monoisotopic (exact) mass is 1430 g/mol. The lowest BCUT2D eigenvalue weighted by atomic mass is 10.1. The summed E-state index contributed by atoms with van der Waals surface area (Å²) in [5.74, 6) is -11.4. The second-order valence-electron chi connectivity index (χ2n) is 19.6. The largest absolute Gasteiger partial charge is 0.743 e. The van der Waals surface area contributed by atoms with Crippen molar-refractivity contribution in [1.82, 2.24) is 0 Å². The van der Waals surface area contributed by atoms with Crippen LogP contribution in [-0.4, -0.2) is 74.7 Å². The minimum atomic E-state index is -7.68. The second-order valence-corrected chi connectivity index (χ2v) is 28.5. The molecule has 10 nitrogen and oxygen atoms in total. The third kappa shape index (κ3) is 27.9. The number of hydrogen-bond donors (Lipinski definition) is 0. The Bertz CT molecular complexity index is 2220. The zero-order chi connectivity index (χ0) is 61.0. The van der Waals surface area contributed by atoms with E-state index in [-0.39, 0.29) is 42.4 Å². The van der Waals surface area contributed by atoms with Crippen molar-refractivity contribution in [3.05, 3.63) is 111 Å². The second kappa shape index (κ2) is 40.2. The highest BCUT2D eigenvalue weighted by Crippen LogP contribution is 2.55. The molecule has 0 aromatic heterocycles. The zero-order valence-corrected chi connectivity index (χ0v) is 53.7. The summed E-state index contributed by atoms with van der Waals surface area (Å²) in [5, 5.41) is -14.6. The summed E-state index contributed by atoms with van der Waals surface area (Å²) in [7, 11) is -15.2. The van der Waals surface area contributed by atoms with Crippen LogP contribution in [0.5, 0.6) is 23.0 Å². The molecule has 0 aliphatic rings. The summed E-state index contributed by atoms with van der Waals surface area (Å²) in [5.41, 5.74) is 0. The Labute approximate surface area is 504 Å². The Balaban J connectivity index is 0.000000432. The quantitative estimate of drug-likeness (QED) is 0.0182. The molecule has 0 bridgehead atoms. The van der Waals surface area contributed by atoms with Gasteiger partial charge in [0.1, 0.15) is 23.0 Å². The Morgan fingerprint density at radius 2 is 0.488 bits per heavy atom. The minimum Gasteiger partial charge on any atom is -0.743 e. The Morgan fingerprint density at radius 3 is 0.659 bits per heavy atom. The molecule has 0 saturated heterocycles. The number of benzene rings is 4. The van der Waals surface area contributed by atoms with Crippen molar-refractivity contribution in [3.63, 3.8) is 0 Å². The van der Waals surface area contributed by atoms with E-state index in [4.69, 9.17) is 18.9 Å². The van der Waals surface area contributed by atoms with Crippen molar-refractivity contribution in [2.75, 3.05) is 26.4 Å². The fraction of sp³-hybridized carbons (Fsp3) is 0.600. The summed E-state index contributed by atoms with van der Waals surface area (Å²) >= 11 is -0.320. The van der Waals surface area contributed by atoms with Crippen LogP contribution in [-0.2, 0) is 20.2 Å². The smallest absolute Gasteiger partial charge is 0.402 e. The third-order valence-electron chi connectivity index (χ3n) is 12.5. The normalized spacial score (nSPS) is 12.2. The molecule has 4 rings (SSSR count). The van der Waals surface area contributed by atoms with E-state index in [9.17, 15) is 61.1 Å². The van der Waals surface area contributed by atoms with Crippen LogP contribution in [0.3, 0.4) is 0 Å². The van der Waals surface area contributed by atoms with E-state index in [0.29, 0.717) is 0 Å². The van der Waals surface area contributed by atoms with E-state index >= 15 is 0 Å². The number of halogens is 10. The van der Waals surface area contributed by atoms with Gasteiger partial charge in [0.2, 0.25) is 0 Å². The molecule has 0 heterocycles. The molecule has 22 heteroatoms. The van der Waals surface area contributed by atoms with E-state index in [1.807, 2.05) is 0 Å². The van der Waals surface area contributed by atoms with Crippen molar-refractivity contribution >= 4 is 20.2 Å². The van der Waals surface area contributed by atoms with Crippen LogP contribution in [0, 0.1) is 14.3 Å². The Hall–Kier alpha value is -3.20. The van der Waals surface area contributed by atoms with Crippen LogP contribution >= 0.6 is 0 Å². The molecular weight excluding hydrogens is 1350 g/mol. The van der Waals surface area contributed by atoms with Crippen molar-refractivity contribution in [3.8, 4) is 23.0 Å². The lowest BCUT2D eigenvalue weighted by Crippen LogP contribution is -3.61. The van der Waals surface area contributed by atoms with E-state index < -0.39 is 42.6 Å². The van der Waals surface area contributed by atoms with Crippen LogP contribution in [0.4, 0.5) is 35.1 Å². The number of hydrogen-bond acceptors (Lipinski definition) is 10. The van der Waals surface area contributed by atoms with Gasteiger partial charge in [0.05, 0.1) is 26.4 Å². The predicted octanol–water partition coefficient (Wildman–Crippen LogP) is 11.1. The molecular formula is C60H84F8I2O10S2. The van der Waals surface area contributed by atoms with Crippen LogP contribution < -0.4 is 61.4 Å². The zero-order valence-electron chi connectivity index (χ0n) is 47.7. The van der Waals surface area contributed by atoms with Crippen molar-refractivity contribution in [1.29, 1.82) is 0 Å². The average molecular weight is 1440 g/mol. The van der Waals surface area contributed by atoms with E-state index in [1.165, 1.54) is 143 Å². The summed E-state index contributed by atoms with van der Waals surface area (Å²) in [6.07, 6.45) is 31.2. The van der Waals surface area contributed by atoms with Crippen molar-refractivity contribution in [2.45, 2.75) is 204 Å². The van der Waals surface area contributed by atoms with E-state index in [0.717, 1.165) is 75.1 Å². The number of alkyl halides is 8. The van der Waals surface area contributed by atoms with Gasteiger partial charge in [-0.15, -0.1) is 0 Å². The van der Waals surface area contributed by atoms with Crippen LogP contribution in [0.15, 0.2) is 97.1 Å². The summed E-state index contributed by atoms with van der Waals surface area (Å²) in [6, 6.07) is 34.9. The maximum absolute atomic E-state index is 12.5. The maximum Gasteiger partial charge on any atom is 0.402 e. The van der Waals surface area contributed by atoms with E-state index in [1.54, 1.807) is 0 Å². The fourth-order valence-electron chi connectivity index (χ4n) is 7.60. The first-order valence-electron chi connectivity index (χ1n) is 28.5. The molecule has 466 valence electrons. The predicted molar refractivity (Wildman–Crippen MR) is 295 cm³/mol. The average Bonchev–Trinajstić information content (AvgIpc) is 2.51. The van der Waals surface area contributed by atoms with Gasteiger partial charge in [-0.3, -0.25) is 0 Å². The minimum absolute atomic E-state index is 0.160. The number of rotatable bonds is 41. The van der Waals surface area contributed by atoms with Crippen molar-refractivity contribution < 1.29 is 122 Å². The third-order valence-corrected chi connectivity index (χ3v) is 19.6. The SMILES string of the molecule is CCCCCCCCOc1ccc([I+]c2ccc(OCCCCCCCC)cc2)cc1.CCCCCCCCOc1ccc([I+]c2ccc(OCCCCCCCC)cc2)cc1.O=S(=O)([O-])C(F)(F)C(F)(F)C(F)(F)C(F)(F)S(=O)(=O)[O-]. The fourth-order valence-corrected chi connectivity index (χ4v) is 12.8. The molecule has 0 saturated carbocycles. The topological polar surface area (TPSA) is 151 Å². The van der Waals surface area contributed by atoms with Gasteiger partial charge in [0.15, 0.2) is 34.5 Å². The molecule has 0 fully saturated rings. The van der Waals surface area contributed by atoms with Gasteiger partial charge in [-0.05, 0) is 123 Å². The van der Waals surface area contributed by atoms with Gasteiger partial charge in [0.25, 0.3) is 0 Å². The molecule has 0 atom stereocenters. The first-order chi connectivity index (χ1) is 38.9. The van der Waals surface area contributed by atoms with Crippen LogP contribution in [0.1, 0.15) is 182 Å². The van der Waals surface area contributed by atoms with Gasteiger partial charge in [-0.1, -0.05) is 156 Å². The summed E-state index contributed by atoms with van der Waals surface area (Å²) in [4.78, 5) is 0. The van der Waals surface area contributed by atoms with Crippen molar-refractivity contribution in [2.24, 2.45) is 0 Å². The van der Waals surface area contributed by atoms with Crippen LogP contribution in [0.2, 0.25) is 0 Å². The van der Waals surface area contributed by atoms with E-state index in [2.05, 4.69) is 125 Å². The lowest BCUT2D eigenvalue weighted by Gasteiger charge is -2.37. The molecule has 0 spiro atoms. The highest BCUT2D eigenvalue weighted by Gasteiger charge is 2.84. The van der Waals surface area contributed by atoms with Gasteiger partial charge < -0.3 is 28.1 Å². The molecule has 4 aromatic rings. The molecule has 4 aromatic carbocycles. The number of unbranched alkanes of at least 4 members (excludes halogenated alkanes) is 20. The first kappa shape index (κ1) is 74.9. The van der Waals surface area contributed by atoms with Gasteiger partial charge in [-0.2, -0.15) is 35.1 Å². The summed E-state index contributed by atoms with van der Waals surface area (Å²) < 4.78 is 187. The molecule has 0 unspecified atom stereocenters. The number of ether oxygens (including phenoxy) is 4. The maximum atomic E-state index is 12.5. The standard InChI is InChI=1S/2C28H42IO2.C4H2F8O6S2/c2*1-3-5-7-9-11-13-23-30-27-19-15-25(16-20-27)29-26-17-21-28(22-18-26)31-24-14-12-10-8-6-4-2;5-1(6,3(9,10)19(13,14)15)2(7,8)4(11,12)20(16,17)18/h2*15-22H,3-14,23-24H2,1-2H3;(H,13,14,15)(H,16,17,18)/q2*+1;/p-2. The molecule has 0 radical (unpaired) electrons. The Morgan fingerprint density at radius 1 is 0.317 bits per heavy atom. The summed E-state index contributed by atoms with van der Waals surface area (Å²) in [6.45, 7) is 12.4. The van der Waals surface area contributed by atoms with Gasteiger partial charge in [-0.25, -0.2) is 16.8 Å².